The molecule has 3 rings (SSSR count). The number of methoxy groups -OCH3 is 1. The molecule has 0 aliphatic carbocycles. The highest BCUT2D eigenvalue weighted by Gasteiger charge is 2.22. The van der Waals surface area contributed by atoms with Crippen molar-refractivity contribution < 1.29 is 17.5 Å². The van der Waals surface area contributed by atoms with Crippen LogP contribution < -0.4 is 19.7 Å². The number of piperidine rings is 1. The molecule has 2 aromatic carbocycles. The van der Waals surface area contributed by atoms with E-state index >= 15 is 0 Å². The van der Waals surface area contributed by atoms with Crippen LogP contribution in [-0.2, 0) is 10.0 Å². The molecule has 2 aromatic rings. The Bertz CT molecular complexity index is 882. The third kappa shape index (κ3) is 4.51. The van der Waals surface area contributed by atoms with Gasteiger partial charge in [-0.25, -0.2) is 12.8 Å². The fraction of sp³-hybridized carbons (Fsp3) is 0.368. The number of ether oxygens (including phenoxy) is 1. The first-order chi connectivity index (χ1) is 12.9. The lowest BCUT2D eigenvalue weighted by atomic mass is 10.0. The highest BCUT2D eigenvalue weighted by molar-refractivity contribution is 7.92. The summed E-state index contributed by atoms with van der Waals surface area (Å²) in [6, 6.07) is 10.2. The molecule has 0 bridgehead atoms. The summed E-state index contributed by atoms with van der Waals surface area (Å²) in [6.45, 7) is 1.91. The van der Waals surface area contributed by atoms with E-state index in [1.807, 2.05) is 7.05 Å². The normalized spacial score (nSPS) is 15.4. The van der Waals surface area contributed by atoms with Gasteiger partial charge in [-0.2, -0.15) is 0 Å². The van der Waals surface area contributed by atoms with Crippen molar-refractivity contribution in [3.05, 3.63) is 48.3 Å². The highest BCUT2D eigenvalue weighted by Crippen LogP contribution is 2.33. The maximum absolute atomic E-state index is 13.1. The first kappa shape index (κ1) is 19.4. The van der Waals surface area contributed by atoms with Crippen LogP contribution in [0.25, 0.3) is 0 Å². The summed E-state index contributed by atoms with van der Waals surface area (Å²) in [4.78, 5) is 2.14. The van der Waals surface area contributed by atoms with Crippen LogP contribution in [0.15, 0.2) is 47.4 Å². The number of halogens is 1. The molecule has 0 radical (unpaired) electrons. The molecular formula is C19H24FN3O3S. The van der Waals surface area contributed by atoms with Gasteiger partial charge in [0, 0.05) is 13.1 Å². The predicted octanol–water partition coefficient (Wildman–Crippen LogP) is 2.82. The summed E-state index contributed by atoms with van der Waals surface area (Å²) >= 11 is 0. The molecular weight excluding hydrogens is 369 g/mol. The lowest BCUT2D eigenvalue weighted by Crippen LogP contribution is -2.41. The van der Waals surface area contributed by atoms with Crippen LogP contribution in [0.5, 0.6) is 5.75 Å². The van der Waals surface area contributed by atoms with E-state index in [0.29, 0.717) is 17.5 Å². The van der Waals surface area contributed by atoms with E-state index in [2.05, 4.69) is 14.9 Å². The van der Waals surface area contributed by atoms with Crippen molar-refractivity contribution in [1.82, 2.24) is 5.32 Å². The van der Waals surface area contributed by atoms with Gasteiger partial charge >= 0.3 is 0 Å². The van der Waals surface area contributed by atoms with Crippen LogP contribution >= 0.6 is 0 Å². The molecule has 8 heteroatoms. The number of sulfonamides is 1. The molecule has 2 N–H and O–H groups in total. The Morgan fingerprint density at radius 1 is 1.15 bits per heavy atom. The molecule has 0 aromatic heterocycles. The van der Waals surface area contributed by atoms with E-state index in [-0.39, 0.29) is 4.90 Å². The monoisotopic (exact) mass is 393 g/mol. The van der Waals surface area contributed by atoms with Crippen LogP contribution in [0.4, 0.5) is 15.8 Å². The minimum absolute atomic E-state index is 0.00739. The number of nitrogens with zero attached hydrogens (tertiary/aromatic N) is 1. The smallest absolute Gasteiger partial charge is 0.261 e. The number of anilines is 2. The van der Waals surface area contributed by atoms with Crippen molar-refractivity contribution in [2.75, 3.05) is 36.9 Å². The van der Waals surface area contributed by atoms with Gasteiger partial charge in [-0.15, -0.1) is 0 Å². The van der Waals surface area contributed by atoms with E-state index in [1.165, 1.54) is 12.1 Å². The van der Waals surface area contributed by atoms with Gasteiger partial charge in [0.2, 0.25) is 0 Å². The number of hydrogen-bond acceptors (Lipinski definition) is 5. The van der Waals surface area contributed by atoms with Gasteiger partial charge in [-0.3, -0.25) is 4.72 Å². The van der Waals surface area contributed by atoms with Gasteiger partial charge in [0.05, 0.1) is 23.4 Å². The Balaban J connectivity index is 1.87. The summed E-state index contributed by atoms with van der Waals surface area (Å²) in [6.07, 6.45) is 2.01. The topological polar surface area (TPSA) is 70.7 Å². The van der Waals surface area contributed by atoms with Gasteiger partial charge in [-0.05, 0) is 68.4 Å². The molecule has 1 fully saturated rings. The second-order valence-corrected chi connectivity index (χ2v) is 8.22. The summed E-state index contributed by atoms with van der Waals surface area (Å²) in [5.74, 6) is 0.199. The molecule has 0 atom stereocenters. The molecule has 0 saturated carbocycles. The maximum Gasteiger partial charge on any atom is 0.261 e. The SMILES string of the molecule is COc1ccc(NS(=O)(=O)c2ccc(F)cc2)cc1N(C)C1CCNCC1. The number of rotatable bonds is 6. The predicted molar refractivity (Wildman–Crippen MR) is 104 cm³/mol. The lowest BCUT2D eigenvalue weighted by Gasteiger charge is -2.34. The fourth-order valence-electron chi connectivity index (χ4n) is 3.25. The summed E-state index contributed by atoms with van der Waals surface area (Å²) in [5, 5.41) is 3.34. The highest BCUT2D eigenvalue weighted by atomic mass is 32.2. The van der Waals surface area contributed by atoms with Crippen molar-refractivity contribution in [2.24, 2.45) is 0 Å². The first-order valence-electron chi connectivity index (χ1n) is 8.80. The zero-order chi connectivity index (χ0) is 19.4. The first-order valence-corrected chi connectivity index (χ1v) is 10.3. The number of benzene rings is 2. The molecule has 0 amide bonds. The molecule has 0 unspecified atom stereocenters. The van der Waals surface area contributed by atoms with Crippen LogP contribution in [-0.4, -0.2) is 41.7 Å². The van der Waals surface area contributed by atoms with Gasteiger partial charge in [0.1, 0.15) is 11.6 Å². The molecule has 1 heterocycles. The third-order valence-corrected chi connectivity index (χ3v) is 6.19. The minimum atomic E-state index is -3.80. The van der Waals surface area contributed by atoms with Crippen LogP contribution in [0.2, 0.25) is 0 Å². The average molecular weight is 393 g/mol. The number of hydrogen-bond donors (Lipinski definition) is 2. The van der Waals surface area contributed by atoms with Gasteiger partial charge in [0.15, 0.2) is 0 Å². The second-order valence-electron chi connectivity index (χ2n) is 6.54. The Labute approximate surface area is 159 Å². The quantitative estimate of drug-likeness (QED) is 0.790. The van der Waals surface area contributed by atoms with Crippen molar-refractivity contribution in [3.63, 3.8) is 0 Å². The molecule has 6 nitrogen and oxygen atoms in total. The van der Waals surface area contributed by atoms with Crippen molar-refractivity contribution in [2.45, 2.75) is 23.8 Å². The van der Waals surface area contributed by atoms with Gasteiger partial charge in [0.25, 0.3) is 10.0 Å². The van der Waals surface area contributed by atoms with E-state index in [9.17, 15) is 12.8 Å². The molecule has 0 spiro atoms. The van der Waals surface area contributed by atoms with Crippen LogP contribution in [0.1, 0.15) is 12.8 Å². The van der Waals surface area contributed by atoms with Gasteiger partial charge in [-0.1, -0.05) is 0 Å². The number of nitrogens with one attached hydrogen (secondary N) is 2. The molecule has 1 saturated heterocycles. The van der Waals surface area contributed by atoms with E-state index in [1.54, 1.807) is 25.3 Å². The third-order valence-electron chi connectivity index (χ3n) is 4.79. The largest absolute Gasteiger partial charge is 0.495 e. The Kier molecular flexibility index (Phi) is 5.86. The molecule has 146 valence electrons. The Morgan fingerprint density at radius 3 is 2.44 bits per heavy atom. The van der Waals surface area contributed by atoms with E-state index in [0.717, 1.165) is 43.8 Å². The Morgan fingerprint density at radius 2 is 1.81 bits per heavy atom. The molecule has 27 heavy (non-hydrogen) atoms. The van der Waals surface area contributed by atoms with Crippen LogP contribution in [0.3, 0.4) is 0 Å². The summed E-state index contributed by atoms with van der Waals surface area (Å²) < 4.78 is 46.2. The summed E-state index contributed by atoms with van der Waals surface area (Å²) in [7, 11) is -0.216. The summed E-state index contributed by atoms with van der Waals surface area (Å²) in [5.41, 5.74) is 1.25. The van der Waals surface area contributed by atoms with Crippen molar-refractivity contribution in [3.8, 4) is 5.75 Å². The van der Waals surface area contributed by atoms with E-state index in [4.69, 9.17) is 4.74 Å². The fourth-order valence-corrected chi connectivity index (χ4v) is 4.30. The standard InChI is InChI=1S/C19H24FN3O3S/c1-23(16-9-11-21-12-10-16)18-13-15(5-8-19(18)26-2)22-27(24,25)17-6-3-14(20)4-7-17/h3-8,13,16,21-22H,9-12H2,1-2H3. The second kappa shape index (κ2) is 8.14. The lowest BCUT2D eigenvalue weighted by molar-refractivity contribution is 0.406. The van der Waals surface area contributed by atoms with Gasteiger partial charge < -0.3 is 15.0 Å². The molecule has 1 aliphatic rings. The maximum atomic E-state index is 13.1. The van der Waals surface area contributed by atoms with Crippen LogP contribution in [0, 0.1) is 5.82 Å². The van der Waals surface area contributed by atoms with Crippen molar-refractivity contribution >= 4 is 21.4 Å². The average Bonchev–Trinajstić information content (AvgIpc) is 2.68. The Hall–Kier alpha value is -2.32. The minimum Gasteiger partial charge on any atom is -0.495 e. The zero-order valence-electron chi connectivity index (χ0n) is 15.4. The zero-order valence-corrected chi connectivity index (χ0v) is 16.2. The molecule has 1 aliphatic heterocycles. The van der Waals surface area contributed by atoms with E-state index < -0.39 is 15.8 Å². The van der Waals surface area contributed by atoms with Crippen molar-refractivity contribution in [1.29, 1.82) is 0 Å².